The van der Waals surface area contributed by atoms with Gasteiger partial charge in [0.25, 0.3) is 11.6 Å². The van der Waals surface area contributed by atoms with Gasteiger partial charge >= 0.3 is 0 Å². The van der Waals surface area contributed by atoms with Crippen molar-refractivity contribution >= 4 is 23.0 Å². The number of hydrogen-bond acceptors (Lipinski definition) is 6. The molecule has 4 rings (SSSR count). The fraction of sp³-hybridized carbons (Fsp3) is 0.261. The van der Waals surface area contributed by atoms with Crippen LogP contribution in [0.25, 0.3) is 11.1 Å². The van der Waals surface area contributed by atoms with Gasteiger partial charge in [0.05, 0.1) is 10.5 Å². The molecular formula is C23H24N4O4. The van der Waals surface area contributed by atoms with E-state index in [0.29, 0.717) is 41.3 Å². The highest BCUT2D eigenvalue weighted by molar-refractivity contribution is 6.03. The van der Waals surface area contributed by atoms with Crippen molar-refractivity contribution in [3.05, 3.63) is 75.7 Å². The Morgan fingerprint density at radius 3 is 2.35 bits per heavy atom. The molecule has 0 bridgehead atoms. The van der Waals surface area contributed by atoms with Crippen molar-refractivity contribution in [2.24, 2.45) is 0 Å². The molecule has 0 unspecified atom stereocenters. The lowest BCUT2D eigenvalue weighted by Gasteiger charge is -2.36. The van der Waals surface area contributed by atoms with Crippen LogP contribution in [0.5, 0.6) is 0 Å². The van der Waals surface area contributed by atoms with Gasteiger partial charge in [0.15, 0.2) is 0 Å². The number of para-hydroxylation sites is 1. The third-order valence-electron chi connectivity index (χ3n) is 5.68. The minimum atomic E-state index is -0.522. The molecule has 3 aromatic rings. The molecule has 1 saturated heterocycles. The van der Waals surface area contributed by atoms with Gasteiger partial charge in [0, 0.05) is 43.5 Å². The van der Waals surface area contributed by atoms with Crippen molar-refractivity contribution in [3.8, 4) is 11.1 Å². The maximum atomic E-state index is 13.4. The standard InChI is InChI=1S/C23H24N4O4/c1-15-21(17-8-9-19(24)20(14-17)27(29)30)22(16(2)31-15)23(28)26-12-10-25(11-13-26)18-6-4-3-5-7-18/h3-9,14H,10-13,24H2,1-2H3. The number of rotatable bonds is 4. The third-order valence-corrected chi connectivity index (χ3v) is 5.68. The molecule has 1 fully saturated rings. The van der Waals surface area contributed by atoms with Crippen molar-refractivity contribution in [3.63, 3.8) is 0 Å². The Hall–Kier alpha value is -3.81. The zero-order valence-corrected chi connectivity index (χ0v) is 17.5. The Balaban J connectivity index is 1.62. The quantitative estimate of drug-likeness (QED) is 0.388. The highest BCUT2D eigenvalue weighted by Crippen LogP contribution is 2.36. The first-order valence-corrected chi connectivity index (χ1v) is 10.1. The predicted octanol–water partition coefficient (Wildman–Crippen LogP) is 4.02. The van der Waals surface area contributed by atoms with E-state index in [0.717, 1.165) is 18.8 Å². The number of nitrogens with two attached hydrogens (primary N) is 1. The molecule has 1 amide bonds. The second-order valence-electron chi connectivity index (χ2n) is 7.61. The smallest absolute Gasteiger partial charge is 0.292 e. The largest absolute Gasteiger partial charge is 0.465 e. The lowest BCUT2D eigenvalue weighted by molar-refractivity contribution is -0.383. The molecule has 0 spiro atoms. The number of amides is 1. The number of anilines is 2. The molecule has 8 heteroatoms. The summed E-state index contributed by atoms with van der Waals surface area (Å²) in [7, 11) is 0. The second-order valence-corrected chi connectivity index (χ2v) is 7.61. The van der Waals surface area contributed by atoms with Crippen molar-refractivity contribution in [1.29, 1.82) is 0 Å². The Labute approximate surface area is 180 Å². The maximum absolute atomic E-state index is 13.4. The molecule has 1 aromatic heterocycles. The van der Waals surface area contributed by atoms with Gasteiger partial charge < -0.3 is 20.0 Å². The maximum Gasteiger partial charge on any atom is 0.292 e. The highest BCUT2D eigenvalue weighted by Gasteiger charge is 2.30. The number of carbonyl (C=O) groups excluding carboxylic acids is 1. The van der Waals surface area contributed by atoms with E-state index < -0.39 is 4.92 Å². The molecule has 0 saturated carbocycles. The molecule has 2 heterocycles. The fourth-order valence-corrected chi connectivity index (χ4v) is 4.11. The average molecular weight is 420 g/mol. The van der Waals surface area contributed by atoms with Crippen LogP contribution >= 0.6 is 0 Å². The van der Waals surface area contributed by atoms with E-state index in [2.05, 4.69) is 17.0 Å². The number of furan rings is 1. The van der Waals surface area contributed by atoms with Crippen LogP contribution in [0.1, 0.15) is 21.9 Å². The SMILES string of the molecule is Cc1oc(C)c(-c2ccc(N)c([N+](=O)[O-])c2)c1C(=O)N1CCN(c2ccccc2)CC1. The monoisotopic (exact) mass is 420 g/mol. The normalized spacial score (nSPS) is 14.0. The van der Waals surface area contributed by atoms with E-state index in [1.165, 1.54) is 12.1 Å². The van der Waals surface area contributed by atoms with Crippen LogP contribution in [0, 0.1) is 24.0 Å². The third kappa shape index (κ3) is 3.84. The molecule has 1 aliphatic rings. The molecule has 8 nitrogen and oxygen atoms in total. The van der Waals surface area contributed by atoms with Gasteiger partial charge in [-0.1, -0.05) is 24.3 Å². The Morgan fingerprint density at radius 2 is 1.71 bits per heavy atom. The lowest BCUT2D eigenvalue weighted by atomic mass is 9.98. The zero-order valence-electron chi connectivity index (χ0n) is 17.5. The van der Waals surface area contributed by atoms with Gasteiger partial charge in [0.2, 0.25) is 0 Å². The summed E-state index contributed by atoms with van der Waals surface area (Å²) in [4.78, 5) is 28.3. The number of hydrogen-bond donors (Lipinski definition) is 1. The highest BCUT2D eigenvalue weighted by atomic mass is 16.6. The van der Waals surface area contributed by atoms with Crippen LogP contribution < -0.4 is 10.6 Å². The Bertz CT molecular complexity index is 1130. The second kappa shape index (κ2) is 8.14. The Morgan fingerprint density at radius 1 is 1.03 bits per heavy atom. The van der Waals surface area contributed by atoms with Crippen LogP contribution in [-0.4, -0.2) is 41.9 Å². The van der Waals surface area contributed by atoms with Gasteiger partial charge in [-0.2, -0.15) is 0 Å². The van der Waals surface area contributed by atoms with Crippen molar-refractivity contribution in [2.45, 2.75) is 13.8 Å². The first kappa shape index (κ1) is 20.5. The van der Waals surface area contributed by atoms with E-state index in [1.807, 2.05) is 23.1 Å². The van der Waals surface area contributed by atoms with Gasteiger partial charge in [-0.05, 0) is 37.6 Å². The van der Waals surface area contributed by atoms with Crippen LogP contribution in [0.4, 0.5) is 17.1 Å². The minimum Gasteiger partial charge on any atom is -0.465 e. The zero-order chi connectivity index (χ0) is 22.1. The summed E-state index contributed by atoms with van der Waals surface area (Å²) in [5, 5.41) is 11.3. The average Bonchev–Trinajstić information content (AvgIpc) is 3.07. The summed E-state index contributed by atoms with van der Waals surface area (Å²) < 4.78 is 5.77. The summed E-state index contributed by atoms with van der Waals surface area (Å²) >= 11 is 0. The number of nitrogens with zero attached hydrogens (tertiary/aromatic N) is 3. The van der Waals surface area contributed by atoms with E-state index in [9.17, 15) is 14.9 Å². The van der Waals surface area contributed by atoms with Gasteiger partial charge in [-0.3, -0.25) is 14.9 Å². The number of nitrogen functional groups attached to an aromatic ring is 1. The van der Waals surface area contributed by atoms with Gasteiger partial charge in [0.1, 0.15) is 17.2 Å². The molecule has 0 radical (unpaired) electrons. The first-order chi connectivity index (χ1) is 14.9. The van der Waals surface area contributed by atoms with E-state index in [-0.39, 0.29) is 17.3 Å². The van der Waals surface area contributed by atoms with Gasteiger partial charge in [-0.25, -0.2) is 0 Å². The van der Waals surface area contributed by atoms with Crippen LogP contribution in [0.2, 0.25) is 0 Å². The fourth-order valence-electron chi connectivity index (χ4n) is 4.11. The van der Waals surface area contributed by atoms with Crippen LogP contribution in [-0.2, 0) is 0 Å². The lowest BCUT2D eigenvalue weighted by Crippen LogP contribution is -2.49. The number of nitro benzene ring substituents is 1. The predicted molar refractivity (Wildman–Crippen MR) is 119 cm³/mol. The number of nitro groups is 1. The van der Waals surface area contributed by atoms with E-state index in [4.69, 9.17) is 10.2 Å². The van der Waals surface area contributed by atoms with Crippen molar-refractivity contribution < 1.29 is 14.1 Å². The van der Waals surface area contributed by atoms with E-state index >= 15 is 0 Å². The summed E-state index contributed by atoms with van der Waals surface area (Å²) in [5.41, 5.74) is 8.34. The van der Waals surface area contributed by atoms with Gasteiger partial charge in [-0.15, -0.1) is 0 Å². The number of benzene rings is 2. The molecule has 1 aliphatic heterocycles. The molecule has 0 aliphatic carbocycles. The number of carbonyl (C=O) groups is 1. The first-order valence-electron chi connectivity index (χ1n) is 10.1. The van der Waals surface area contributed by atoms with Crippen LogP contribution in [0.15, 0.2) is 52.9 Å². The molecule has 2 N–H and O–H groups in total. The molecule has 31 heavy (non-hydrogen) atoms. The summed E-state index contributed by atoms with van der Waals surface area (Å²) in [5.74, 6) is 0.918. The van der Waals surface area contributed by atoms with E-state index in [1.54, 1.807) is 19.9 Å². The molecular weight excluding hydrogens is 396 g/mol. The number of piperazine rings is 1. The molecule has 160 valence electrons. The van der Waals surface area contributed by atoms with Crippen molar-refractivity contribution in [2.75, 3.05) is 36.8 Å². The summed E-state index contributed by atoms with van der Waals surface area (Å²) in [6.45, 7) is 6.13. The topological polar surface area (TPSA) is 106 Å². The summed E-state index contributed by atoms with van der Waals surface area (Å²) in [6, 6.07) is 14.7. The Kier molecular flexibility index (Phi) is 5.37. The van der Waals surface area contributed by atoms with Crippen molar-refractivity contribution in [1.82, 2.24) is 4.90 Å². The minimum absolute atomic E-state index is 0.0801. The molecule has 0 atom stereocenters. The summed E-state index contributed by atoms with van der Waals surface area (Å²) in [6.07, 6.45) is 0. The van der Waals surface area contributed by atoms with Crippen LogP contribution in [0.3, 0.4) is 0 Å². The number of aryl methyl sites for hydroxylation is 2. The molecule has 2 aromatic carbocycles.